The minimum Gasteiger partial charge on any atom is -0.126 e. The molecular weight excluding hydrogens is 252 g/mol. The van der Waals surface area contributed by atoms with Crippen LogP contribution >= 0.6 is 11.6 Å². The summed E-state index contributed by atoms with van der Waals surface area (Å²) in [5, 5.41) is 0. The average molecular weight is 277 g/mol. The molecule has 0 bridgehead atoms. The van der Waals surface area contributed by atoms with Gasteiger partial charge >= 0.3 is 0 Å². The molecule has 2 saturated carbocycles. The summed E-state index contributed by atoms with van der Waals surface area (Å²) in [4.78, 5) is 0. The van der Waals surface area contributed by atoms with Crippen molar-refractivity contribution in [2.75, 3.05) is 5.88 Å². The lowest BCUT2D eigenvalue weighted by molar-refractivity contribution is 0.303. The number of fused-ring (bicyclic) bond motifs is 1. The zero-order valence-corrected chi connectivity index (χ0v) is 13.1. The van der Waals surface area contributed by atoms with E-state index in [4.69, 9.17) is 11.6 Å². The van der Waals surface area contributed by atoms with Crippen LogP contribution in [0.3, 0.4) is 0 Å². The van der Waals surface area contributed by atoms with Crippen molar-refractivity contribution in [3.63, 3.8) is 0 Å². The summed E-state index contributed by atoms with van der Waals surface area (Å²) in [6.45, 7) is 6.81. The highest BCUT2D eigenvalue weighted by Gasteiger charge is 2.53. The standard InChI is InChI=1S/C18H25Cl/c1-17(2,3)16-6-4-13(5-7-16)9-18(12-19)10-14-8-15(14)11-18/h4-7,14-15H,8-12H2,1-3H3. The highest BCUT2D eigenvalue weighted by Crippen LogP contribution is 2.61. The molecule has 2 fully saturated rings. The van der Waals surface area contributed by atoms with Crippen molar-refractivity contribution in [1.29, 1.82) is 0 Å². The SMILES string of the molecule is CC(C)(C)c1ccc(CC2(CCl)CC3CC3C2)cc1. The predicted octanol–water partition coefficient (Wildman–Crippen LogP) is 5.18. The van der Waals surface area contributed by atoms with Gasteiger partial charge in [-0.3, -0.25) is 0 Å². The Bertz CT molecular complexity index is 442. The van der Waals surface area contributed by atoms with Crippen LogP contribution in [0.25, 0.3) is 0 Å². The van der Waals surface area contributed by atoms with E-state index < -0.39 is 0 Å². The normalized spacial score (nSPS) is 33.3. The molecule has 0 N–H and O–H groups in total. The molecule has 0 spiro atoms. The second-order valence-electron chi connectivity index (χ2n) is 7.92. The summed E-state index contributed by atoms with van der Waals surface area (Å²) >= 11 is 6.30. The van der Waals surface area contributed by atoms with Gasteiger partial charge in [-0.05, 0) is 59.5 Å². The second kappa shape index (κ2) is 4.52. The van der Waals surface area contributed by atoms with Crippen LogP contribution in [-0.2, 0) is 11.8 Å². The van der Waals surface area contributed by atoms with Crippen LogP contribution in [-0.4, -0.2) is 5.88 Å². The van der Waals surface area contributed by atoms with Gasteiger partial charge in [0.25, 0.3) is 0 Å². The molecule has 1 aromatic rings. The molecular formula is C18H25Cl. The molecule has 2 aliphatic rings. The molecule has 0 radical (unpaired) electrons. The number of hydrogen-bond donors (Lipinski definition) is 0. The first-order chi connectivity index (χ1) is 8.92. The molecule has 0 saturated heterocycles. The van der Waals surface area contributed by atoms with Crippen LogP contribution in [0.1, 0.15) is 51.2 Å². The Kier molecular flexibility index (Phi) is 3.21. The van der Waals surface area contributed by atoms with Crippen molar-refractivity contribution in [2.45, 2.75) is 51.9 Å². The monoisotopic (exact) mass is 276 g/mol. The summed E-state index contributed by atoms with van der Waals surface area (Å²) in [7, 11) is 0. The van der Waals surface area contributed by atoms with Crippen molar-refractivity contribution in [1.82, 2.24) is 0 Å². The van der Waals surface area contributed by atoms with Gasteiger partial charge in [0.2, 0.25) is 0 Å². The van der Waals surface area contributed by atoms with Crippen molar-refractivity contribution in [3.05, 3.63) is 35.4 Å². The summed E-state index contributed by atoms with van der Waals surface area (Å²) in [5.74, 6) is 2.85. The lowest BCUT2D eigenvalue weighted by Gasteiger charge is -2.29. The molecule has 0 heterocycles. The topological polar surface area (TPSA) is 0 Å². The molecule has 2 unspecified atom stereocenters. The third-order valence-corrected chi connectivity index (χ3v) is 5.71. The van der Waals surface area contributed by atoms with Crippen molar-refractivity contribution in [2.24, 2.45) is 17.3 Å². The third kappa shape index (κ3) is 2.70. The predicted molar refractivity (Wildman–Crippen MR) is 82.8 cm³/mol. The second-order valence-corrected chi connectivity index (χ2v) is 8.19. The Morgan fingerprint density at radius 1 is 1.11 bits per heavy atom. The molecule has 1 heteroatoms. The van der Waals surface area contributed by atoms with Gasteiger partial charge in [-0.2, -0.15) is 0 Å². The maximum Gasteiger partial charge on any atom is 0.0283 e. The van der Waals surface area contributed by atoms with E-state index in [1.807, 2.05) is 0 Å². The number of rotatable bonds is 3. The fourth-order valence-electron chi connectivity index (χ4n) is 3.86. The number of benzene rings is 1. The van der Waals surface area contributed by atoms with Gasteiger partial charge in [-0.1, -0.05) is 45.0 Å². The van der Waals surface area contributed by atoms with E-state index in [1.54, 1.807) is 0 Å². The van der Waals surface area contributed by atoms with E-state index in [1.165, 1.54) is 36.8 Å². The van der Waals surface area contributed by atoms with Gasteiger partial charge in [-0.15, -0.1) is 11.6 Å². The molecule has 19 heavy (non-hydrogen) atoms. The Hall–Kier alpha value is -0.490. The molecule has 1 aromatic carbocycles. The fraction of sp³-hybridized carbons (Fsp3) is 0.667. The first-order valence-electron chi connectivity index (χ1n) is 7.57. The summed E-state index contributed by atoms with van der Waals surface area (Å²) in [6.07, 6.45) is 5.37. The Morgan fingerprint density at radius 3 is 2.16 bits per heavy atom. The first-order valence-corrected chi connectivity index (χ1v) is 8.11. The van der Waals surface area contributed by atoms with Crippen LogP contribution in [0.5, 0.6) is 0 Å². The van der Waals surface area contributed by atoms with Gasteiger partial charge in [0.1, 0.15) is 0 Å². The first kappa shape index (κ1) is 13.5. The number of alkyl halides is 1. The largest absolute Gasteiger partial charge is 0.126 e. The van der Waals surface area contributed by atoms with Crippen LogP contribution in [0, 0.1) is 17.3 Å². The zero-order chi connectivity index (χ0) is 13.7. The molecule has 0 aliphatic heterocycles. The molecule has 104 valence electrons. The van der Waals surface area contributed by atoms with Crippen LogP contribution < -0.4 is 0 Å². The van der Waals surface area contributed by atoms with Crippen LogP contribution in [0.2, 0.25) is 0 Å². The van der Waals surface area contributed by atoms with E-state index in [2.05, 4.69) is 45.0 Å². The maximum absolute atomic E-state index is 6.30. The van der Waals surface area contributed by atoms with Crippen LogP contribution in [0.15, 0.2) is 24.3 Å². The summed E-state index contributed by atoms with van der Waals surface area (Å²) in [5.41, 5.74) is 3.54. The highest BCUT2D eigenvalue weighted by atomic mass is 35.5. The van der Waals surface area contributed by atoms with E-state index in [9.17, 15) is 0 Å². The molecule has 0 aromatic heterocycles. The molecule has 3 rings (SSSR count). The van der Waals surface area contributed by atoms with Crippen LogP contribution in [0.4, 0.5) is 0 Å². The maximum atomic E-state index is 6.30. The lowest BCUT2D eigenvalue weighted by atomic mass is 9.78. The summed E-state index contributed by atoms with van der Waals surface area (Å²) < 4.78 is 0. The quantitative estimate of drug-likeness (QED) is 0.667. The smallest absolute Gasteiger partial charge is 0.0283 e. The molecule has 2 atom stereocenters. The van der Waals surface area contributed by atoms with Crippen molar-refractivity contribution >= 4 is 11.6 Å². The van der Waals surface area contributed by atoms with E-state index in [-0.39, 0.29) is 5.41 Å². The van der Waals surface area contributed by atoms with Gasteiger partial charge in [0.05, 0.1) is 0 Å². The molecule has 0 amide bonds. The minimum absolute atomic E-state index is 0.248. The van der Waals surface area contributed by atoms with E-state index >= 15 is 0 Å². The van der Waals surface area contributed by atoms with Gasteiger partial charge in [0.15, 0.2) is 0 Å². The summed E-state index contributed by atoms with van der Waals surface area (Å²) in [6, 6.07) is 9.23. The third-order valence-electron chi connectivity index (χ3n) is 5.14. The van der Waals surface area contributed by atoms with E-state index in [0.29, 0.717) is 5.41 Å². The van der Waals surface area contributed by atoms with Crippen molar-refractivity contribution < 1.29 is 0 Å². The van der Waals surface area contributed by atoms with Gasteiger partial charge < -0.3 is 0 Å². The lowest BCUT2D eigenvalue weighted by Crippen LogP contribution is -2.24. The van der Waals surface area contributed by atoms with Crippen molar-refractivity contribution in [3.8, 4) is 0 Å². The highest BCUT2D eigenvalue weighted by molar-refractivity contribution is 6.18. The Morgan fingerprint density at radius 2 is 1.68 bits per heavy atom. The number of hydrogen-bond acceptors (Lipinski definition) is 0. The van der Waals surface area contributed by atoms with Gasteiger partial charge in [0, 0.05) is 5.88 Å². The zero-order valence-electron chi connectivity index (χ0n) is 12.4. The fourth-order valence-corrected chi connectivity index (χ4v) is 4.18. The Labute approximate surface area is 122 Å². The van der Waals surface area contributed by atoms with E-state index in [0.717, 1.165) is 17.7 Å². The number of halogens is 1. The Balaban J connectivity index is 1.73. The van der Waals surface area contributed by atoms with Gasteiger partial charge in [-0.25, -0.2) is 0 Å². The minimum atomic E-state index is 0.248. The molecule has 0 nitrogen and oxygen atoms in total. The average Bonchev–Trinajstić information content (AvgIpc) is 2.97. The molecule has 2 aliphatic carbocycles.